The molecule has 1 aromatic carbocycles. The summed E-state index contributed by atoms with van der Waals surface area (Å²) in [6.07, 6.45) is 4.82. The van der Waals surface area contributed by atoms with Crippen molar-refractivity contribution in [3.8, 4) is 0 Å². The van der Waals surface area contributed by atoms with Gasteiger partial charge in [-0.1, -0.05) is 24.3 Å². The van der Waals surface area contributed by atoms with Crippen LogP contribution in [-0.4, -0.2) is 46.9 Å². The van der Waals surface area contributed by atoms with Gasteiger partial charge in [0.05, 0.1) is 18.3 Å². The quantitative estimate of drug-likeness (QED) is 0.811. The number of benzene rings is 1. The molecule has 1 amide bonds. The lowest BCUT2D eigenvalue weighted by atomic mass is 10.1. The van der Waals surface area contributed by atoms with E-state index in [1.807, 2.05) is 29.2 Å². The molecule has 2 aromatic rings. The monoisotopic (exact) mass is 367 g/mol. The van der Waals surface area contributed by atoms with E-state index in [9.17, 15) is 9.18 Å². The highest BCUT2D eigenvalue weighted by Gasteiger charge is 2.30. The van der Waals surface area contributed by atoms with Gasteiger partial charge in [0, 0.05) is 25.2 Å². The van der Waals surface area contributed by atoms with Crippen LogP contribution in [0.3, 0.4) is 0 Å². The Morgan fingerprint density at radius 3 is 2.67 bits per heavy atom. The molecule has 142 valence electrons. The molecule has 4 rings (SSSR count). The number of hydrogen-bond donors (Lipinski definition) is 0. The second kappa shape index (κ2) is 8.17. The number of aromatic nitrogens is 1. The van der Waals surface area contributed by atoms with Crippen molar-refractivity contribution in [1.29, 1.82) is 0 Å². The van der Waals surface area contributed by atoms with E-state index >= 15 is 0 Å². The Bertz CT molecular complexity index is 804. The van der Waals surface area contributed by atoms with Gasteiger partial charge in [-0.15, -0.1) is 0 Å². The normalized spacial score (nSPS) is 20.3. The van der Waals surface area contributed by atoms with Crippen LogP contribution in [0.2, 0.25) is 0 Å². The lowest BCUT2D eigenvalue weighted by molar-refractivity contribution is -0.131. The summed E-state index contributed by atoms with van der Waals surface area (Å²) < 4.78 is 14.0. The molecule has 2 aliphatic rings. The number of hydrogen-bond acceptors (Lipinski definition) is 3. The van der Waals surface area contributed by atoms with E-state index in [0.717, 1.165) is 56.7 Å². The number of amides is 1. The third kappa shape index (κ3) is 4.19. The third-order valence-electron chi connectivity index (χ3n) is 5.66. The molecule has 0 unspecified atom stereocenters. The maximum Gasteiger partial charge on any atom is 0.236 e. The average molecular weight is 367 g/mol. The first-order valence-corrected chi connectivity index (χ1v) is 9.92. The summed E-state index contributed by atoms with van der Waals surface area (Å²) >= 11 is 0. The van der Waals surface area contributed by atoms with Gasteiger partial charge in [-0.05, 0) is 56.0 Å². The molecule has 2 fully saturated rings. The summed E-state index contributed by atoms with van der Waals surface area (Å²) in [6, 6.07) is 13.0. The van der Waals surface area contributed by atoms with Crippen LogP contribution >= 0.6 is 0 Å². The number of halogens is 1. The van der Waals surface area contributed by atoms with E-state index in [4.69, 9.17) is 4.98 Å². The first-order valence-electron chi connectivity index (χ1n) is 9.92. The lowest BCUT2D eigenvalue weighted by Gasteiger charge is -2.26. The van der Waals surface area contributed by atoms with E-state index in [1.54, 1.807) is 12.1 Å². The van der Waals surface area contributed by atoms with Crippen molar-refractivity contribution in [3.63, 3.8) is 0 Å². The highest BCUT2D eigenvalue weighted by molar-refractivity contribution is 5.78. The molecule has 0 saturated carbocycles. The van der Waals surface area contributed by atoms with Crippen molar-refractivity contribution in [3.05, 3.63) is 65.2 Å². The Hall–Kier alpha value is -2.27. The van der Waals surface area contributed by atoms with Gasteiger partial charge in [0.15, 0.2) is 0 Å². The Morgan fingerprint density at radius 1 is 1.04 bits per heavy atom. The predicted octanol–water partition coefficient (Wildman–Crippen LogP) is 3.57. The van der Waals surface area contributed by atoms with Gasteiger partial charge in [0.2, 0.25) is 5.91 Å². The average Bonchev–Trinajstić information content (AvgIpc) is 3.36. The Kier molecular flexibility index (Phi) is 5.48. The minimum atomic E-state index is -0.191. The zero-order chi connectivity index (χ0) is 18.6. The van der Waals surface area contributed by atoms with Gasteiger partial charge < -0.3 is 4.90 Å². The first-order chi connectivity index (χ1) is 13.2. The second-order valence-corrected chi connectivity index (χ2v) is 7.54. The fourth-order valence-electron chi connectivity index (χ4n) is 4.21. The van der Waals surface area contributed by atoms with Crippen LogP contribution in [0.4, 0.5) is 4.39 Å². The van der Waals surface area contributed by atoms with Crippen LogP contribution in [0.25, 0.3) is 0 Å². The molecule has 0 radical (unpaired) electrons. The molecule has 1 aromatic heterocycles. The first kappa shape index (κ1) is 18.1. The van der Waals surface area contributed by atoms with E-state index in [1.165, 1.54) is 6.07 Å². The predicted molar refractivity (Wildman–Crippen MR) is 103 cm³/mol. The molecule has 27 heavy (non-hydrogen) atoms. The highest BCUT2D eigenvalue weighted by atomic mass is 19.1. The van der Waals surface area contributed by atoms with Gasteiger partial charge in [-0.25, -0.2) is 4.39 Å². The summed E-state index contributed by atoms with van der Waals surface area (Å²) in [6.45, 7) is 3.20. The molecule has 1 atom stereocenters. The number of nitrogens with zero attached hydrogens (tertiary/aromatic N) is 3. The second-order valence-electron chi connectivity index (χ2n) is 7.54. The number of rotatable bonds is 5. The van der Waals surface area contributed by atoms with Crippen LogP contribution in [-0.2, 0) is 11.2 Å². The number of carbonyl (C=O) groups excluding carboxylic acids is 1. The molecule has 4 nitrogen and oxygen atoms in total. The Morgan fingerprint density at radius 2 is 1.85 bits per heavy atom. The van der Waals surface area contributed by atoms with Crippen molar-refractivity contribution in [2.24, 2.45) is 0 Å². The van der Waals surface area contributed by atoms with Gasteiger partial charge in [0.25, 0.3) is 0 Å². The van der Waals surface area contributed by atoms with Crippen LogP contribution in [0.1, 0.15) is 48.7 Å². The van der Waals surface area contributed by atoms with Crippen LogP contribution in [0.5, 0.6) is 0 Å². The maximum atomic E-state index is 14.0. The maximum absolute atomic E-state index is 14.0. The number of pyridine rings is 1. The zero-order valence-corrected chi connectivity index (χ0v) is 15.6. The van der Waals surface area contributed by atoms with Crippen molar-refractivity contribution < 1.29 is 9.18 Å². The van der Waals surface area contributed by atoms with Crippen LogP contribution in [0, 0.1) is 5.82 Å². The molecular formula is C22H26FN3O. The topological polar surface area (TPSA) is 36.4 Å². The van der Waals surface area contributed by atoms with Crippen LogP contribution in [0.15, 0.2) is 42.5 Å². The molecule has 5 heteroatoms. The van der Waals surface area contributed by atoms with Gasteiger partial charge in [-0.3, -0.25) is 14.7 Å². The summed E-state index contributed by atoms with van der Waals surface area (Å²) in [4.78, 5) is 21.6. The SMILES string of the molecule is O=C(CN1CCC[C@H]1c1cccc(Cc2ccccc2F)n1)N1CCCC1. The molecule has 0 aliphatic carbocycles. The number of likely N-dealkylation sites (tertiary alicyclic amines) is 2. The largest absolute Gasteiger partial charge is 0.342 e. The van der Waals surface area contributed by atoms with Gasteiger partial charge in [-0.2, -0.15) is 0 Å². The van der Waals surface area contributed by atoms with Gasteiger partial charge >= 0.3 is 0 Å². The minimum Gasteiger partial charge on any atom is -0.342 e. The number of carbonyl (C=O) groups is 1. The lowest BCUT2D eigenvalue weighted by Crippen LogP contribution is -2.38. The van der Waals surface area contributed by atoms with Crippen LogP contribution < -0.4 is 0 Å². The fourth-order valence-corrected chi connectivity index (χ4v) is 4.21. The molecule has 2 saturated heterocycles. The molecule has 0 bridgehead atoms. The molecule has 0 spiro atoms. The fraction of sp³-hybridized carbons (Fsp3) is 0.455. The van der Waals surface area contributed by atoms with Gasteiger partial charge in [0.1, 0.15) is 5.82 Å². The molecular weight excluding hydrogens is 341 g/mol. The summed E-state index contributed by atoms with van der Waals surface area (Å²) in [5.74, 6) is 0.0466. The highest BCUT2D eigenvalue weighted by Crippen LogP contribution is 2.31. The van der Waals surface area contributed by atoms with E-state index < -0.39 is 0 Å². The van der Waals surface area contributed by atoms with Crippen molar-refractivity contribution in [2.75, 3.05) is 26.2 Å². The smallest absolute Gasteiger partial charge is 0.236 e. The zero-order valence-electron chi connectivity index (χ0n) is 15.6. The minimum absolute atomic E-state index is 0.178. The van der Waals surface area contributed by atoms with Crippen molar-refractivity contribution in [2.45, 2.75) is 38.1 Å². The Labute approximate surface area is 160 Å². The van der Waals surface area contributed by atoms with E-state index in [2.05, 4.69) is 4.90 Å². The summed E-state index contributed by atoms with van der Waals surface area (Å²) in [7, 11) is 0. The van der Waals surface area contributed by atoms with Crippen molar-refractivity contribution in [1.82, 2.24) is 14.8 Å². The van der Waals surface area contributed by atoms with E-state index in [0.29, 0.717) is 18.5 Å². The van der Waals surface area contributed by atoms with E-state index in [-0.39, 0.29) is 17.8 Å². The molecule has 3 heterocycles. The third-order valence-corrected chi connectivity index (χ3v) is 5.66. The summed E-state index contributed by atoms with van der Waals surface area (Å²) in [5.41, 5.74) is 2.53. The molecule has 0 N–H and O–H groups in total. The molecule has 2 aliphatic heterocycles. The Balaban J connectivity index is 1.47. The summed E-state index contributed by atoms with van der Waals surface area (Å²) in [5, 5.41) is 0. The van der Waals surface area contributed by atoms with Crippen molar-refractivity contribution >= 4 is 5.91 Å². The standard InChI is InChI=1S/C22H26FN3O/c23-19-9-2-1-7-17(19)15-18-8-5-10-20(24-18)21-11-6-14-26(21)16-22(27)25-12-3-4-13-25/h1-2,5,7-10,21H,3-4,6,11-16H2/t21-/m0/s1.